The number of carbonyl (C=O) groups excluding carboxylic acids is 1. The Morgan fingerprint density at radius 3 is 2.27 bits per heavy atom. The highest BCUT2D eigenvalue weighted by molar-refractivity contribution is 5.89. The van der Waals surface area contributed by atoms with Crippen LogP contribution in [0, 0.1) is 0 Å². The zero-order valence-corrected chi connectivity index (χ0v) is 17.9. The predicted molar refractivity (Wildman–Crippen MR) is 117 cm³/mol. The van der Waals surface area contributed by atoms with Crippen molar-refractivity contribution in [1.82, 2.24) is 0 Å². The number of nitrogens with two attached hydrogens (primary N) is 1. The molecule has 0 fully saturated rings. The number of aliphatic carboxylic acids is 2. The Morgan fingerprint density at radius 1 is 1.06 bits per heavy atom. The van der Waals surface area contributed by atoms with Gasteiger partial charge in [-0.2, -0.15) is 9.98 Å². The molecule has 1 heterocycles. The maximum Gasteiger partial charge on any atom is 0.368 e. The Labute approximate surface area is 189 Å². The first-order chi connectivity index (χ1) is 15.6. The molecule has 0 spiro atoms. The molecule has 2 aromatic rings. The van der Waals surface area contributed by atoms with Crippen LogP contribution in [-0.4, -0.2) is 45.6 Å². The molecule has 5 N–H and O–H groups in total. The first kappa shape index (κ1) is 25.4. The van der Waals surface area contributed by atoms with Gasteiger partial charge in [-0.05, 0) is 36.5 Å². The second kappa shape index (κ2) is 11.7. The number of hydrogen-bond donors (Lipinski definition) is 4. The Bertz CT molecular complexity index is 1130. The largest absolute Gasteiger partial charge is 0.487 e. The summed E-state index contributed by atoms with van der Waals surface area (Å²) in [7, 11) is 0. The third-order valence-electron chi connectivity index (χ3n) is 4.61. The smallest absolute Gasteiger partial charge is 0.368 e. The number of aliphatic hydroxyl groups is 1. The summed E-state index contributed by atoms with van der Waals surface area (Å²) in [6, 6.07) is 14.5. The van der Waals surface area contributed by atoms with Crippen LogP contribution in [0.2, 0.25) is 0 Å². The van der Waals surface area contributed by atoms with Gasteiger partial charge >= 0.3 is 18.0 Å². The molecule has 174 valence electrons. The van der Waals surface area contributed by atoms with Crippen molar-refractivity contribution in [2.45, 2.75) is 31.4 Å². The van der Waals surface area contributed by atoms with Gasteiger partial charge in [0.05, 0.1) is 5.36 Å². The average Bonchev–Trinajstić information content (AvgIpc) is 3.16. The molecule has 2 amide bonds. The van der Waals surface area contributed by atoms with Gasteiger partial charge in [-0.25, -0.2) is 14.4 Å². The average molecular weight is 455 g/mol. The normalized spacial score (nSPS) is 14.7. The van der Waals surface area contributed by atoms with Gasteiger partial charge in [0.25, 0.3) is 0 Å². The highest BCUT2D eigenvalue weighted by Gasteiger charge is 2.27. The molecule has 0 aromatic heterocycles. The Morgan fingerprint density at radius 2 is 1.70 bits per heavy atom. The molecule has 2 atom stereocenters. The third kappa shape index (κ3) is 8.28. The van der Waals surface area contributed by atoms with Crippen molar-refractivity contribution in [2.75, 3.05) is 6.61 Å². The fourth-order valence-electron chi connectivity index (χ4n) is 3.11. The number of fused-ring (bicyclic) bond motifs is 1. The number of ether oxygens (including phenoxy) is 1. The number of carboxylic acids is 2. The van der Waals surface area contributed by atoms with Crippen molar-refractivity contribution < 1.29 is 34.4 Å². The Hall–Kier alpha value is -3.89. The third-order valence-corrected chi connectivity index (χ3v) is 4.61. The summed E-state index contributed by atoms with van der Waals surface area (Å²) < 4.78 is 5.66. The van der Waals surface area contributed by atoms with E-state index >= 15 is 0 Å². The van der Waals surface area contributed by atoms with E-state index in [1.54, 1.807) is 18.2 Å². The SMILES string of the molecule is CCC(CC(N)(O)COc1cccc2c1=NC(=O)N=2)c1ccccc1.O=C(O)/C=C/C(=O)O. The van der Waals surface area contributed by atoms with Crippen LogP contribution < -0.4 is 21.2 Å². The molecule has 2 aromatic carbocycles. The van der Waals surface area contributed by atoms with Crippen LogP contribution in [0.3, 0.4) is 0 Å². The number of amides is 2. The van der Waals surface area contributed by atoms with Crippen molar-refractivity contribution in [3.63, 3.8) is 0 Å². The van der Waals surface area contributed by atoms with E-state index in [1.165, 1.54) is 0 Å². The Kier molecular flexibility index (Phi) is 8.96. The first-order valence-electron chi connectivity index (χ1n) is 10.0. The molecule has 1 aliphatic heterocycles. The van der Waals surface area contributed by atoms with Crippen molar-refractivity contribution in [3.8, 4) is 5.75 Å². The van der Waals surface area contributed by atoms with Gasteiger partial charge in [-0.1, -0.05) is 43.3 Å². The number of carbonyl (C=O) groups is 3. The maximum atomic E-state index is 11.3. The lowest BCUT2D eigenvalue weighted by Gasteiger charge is -2.28. The topological polar surface area (TPSA) is 172 Å². The molecule has 33 heavy (non-hydrogen) atoms. The summed E-state index contributed by atoms with van der Waals surface area (Å²) in [5.41, 5.74) is 5.69. The van der Waals surface area contributed by atoms with E-state index in [9.17, 15) is 19.5 Å². The number of nitrogens with zero attached hydrogens (tertiary/aromatic N) is 2. The second-order valence-corrected chi connectivity index (χ2v) is 7.25. The molecular formula is C23H25N3O7. The van der Waals surface area contributed by atoms with E-state index in [0.717, 1.165) is 12.0 Å². The highest BCUT2D eigenvalue weighted by Crippen LogP contribution is 2.27. The first-order valence-corrected chi connectivity index (χ1v) is 10.0. The van der Waals surface area contributed by atoms with Gasteiger partial charge in [-0.15, -0.1) is 0 Å². The second-order valence-electron chi connectivity index (χ2n) is 7.25. The molecular weight excluding hydrogens is 430 g/mol. The lowest BCUT2D eigenvalue weighted by atomic mass is 9.89. The van der Waals surface area contributed by atoms with Gasteiger partial charge in [0.1, 0.15) is 23.4 Å². The zero-order valence-electron chi connectivity index (χ0n) is 17.9. The monoisotopic (exact) mass is 455 g/mol. The minimum atomic E-state index is -1.50. The molecule has 0 saturated carbocycles. The number of carboxylic acid groups (broad SMARTS) is 2. The number of hydrogen-bond acceptors (Lipinski definition) is 6. The summed E-state index contributed by atoms with van der Waals surface area (Å²) in [5, 5.41) is 27.1. The molecule has 1 aliphatic rings. The number of rotatable bonds is 9. The number of para-hydroxylation sites is 1. The number of benzene rings is 2. The van der Waals surface area contributed by atoms with E-state index in [0.29, 0.717) is 35.0 Å². The minimum absolute atomic E-state index is 0.101. The van der Waals surface area contributed by atoms with Crippen LogP contribution in [0.5, 0.6) is 5.75 Å². The molecule has 10 heteroatoms. The predicted octanol–water partition coefficient (Wildman–Crippen LogP) is 1.38. The van der Waals surface area contributed by atoms with Crippen LogP contribution >= 0.6 is 0 Å². The summed E-state index contributed by atoms with van der Waals surface area (Å²) >= 11 is 0. The minimum Gasteiger partial charge on any atom is -0.487 e. The van der Waals surface area contributed by atoms with Crippen LogP contribution in [-0.2, 0) is 9.59 Å². The molecule has 0 radical (unpaired) electrons. The highest BCUT2D eigenvalue weighted by atomic mass is 16.5. The van der Waals surface area contributed by atoms with Crippen LogP contribution in [0.1, 0.15) is 31.2 Å². The van der Waals surface area contributed by atoms with Gasteiger partial charge in [-0.3, -0.25) is 0 Å². The van der Waals surface area contributed by atoms with Crippen molar-refractivity contribution >= 4 is 18.0 Å². The zero-order chi connectivity index (χ0) is 24.4. The van der Waals surface area contributed by atoms with Crippen LogP contribution in [0.15, 0.2) is 70.7 Å². The standard InChI is InChI=1S/C19H21N3O3.C4H4O4/c1-2-13(14-7-4-3-5-8-14)11-19(20,24)12-25-16-10-6-9-15-17(16)22-18(23)21-15;5-3(6)1-2-4(7)8/h3-10,13,24H,2,11-12,20H2,1H3;1-2H,(H,5,6)(H,7,8)/b;2-1+. The maximum absolute atomic E-state index is 11.3. The molecule has 10 nitrogen and oxygen atoms in total. The van der Waals surface area contributed by atoms with E-state index in [-0.39, 0.29) is 12.5 Å². The number of urea groups is 1. The van der Waals surface area contributed by atoms with Crippen LogP contribution in [0.25, 0.3) is 0 Å². The van der Waals surface area contributed by atoms with E-state index in [4.69, 9.17) is 20.7 Å². The fraction of sp³-hybridized carbons (Fsp3) is 0.261. The molecule has 0 aliphatic carbocycles. The van der Waals surface area contributed by atoms with E-state index in [2.05, 4.69) is 16.9 Å². The Balaban J connectivity index is 0.000000414. The van der Waals surface area contributed by atoms with E-state index in [1.807, 2.05) is 30.3 Å². The molecule has 2 unspecified atom stereocenters. The summed E-state index contributed by atoms with van der Waals surface area (Å²) in [5.74, 6) is -1.99. The van der Waals surface area contributed by atoms with E-state index < -0.39 is 23.7 Å². The lowest BCUT2D eigenvalue weighted by molar-refractivity contribution is -0.134. The van der Waals surface area contributed by atoms with Crippen molar-refractivity contribution in [3.05, 3.63) is 77.0 Å². The van der Waals surface area contributed by atoms with Crippen molar-refractivity contribution in [2.24, 2.45) is 15.7 Å². The van der Waals surface area contributed by atoms with Gasteiger partial charge in [0.2, 0.25) is 0 Å². The van der Waals surface area contributed by atoms with Crippen molar-refractivity contribution in [1.29, 1.82) is 0 Å². The van der Waals surface area contributed by atoms with Gasteiger partial charge < -0.3 is 25.8 Å². The fourth-order valence-corrected chi connectivity index (χ4v) is 3.11. The molecule has 3 rings (SSSR count). The summed E-state index contributed by atoms with van der Waals surface area (Å²) in [6.45, 7) is 1.96. The lowest BCUT2D eigenvalue weighted by Crippen LogP contribution is -2.47. The molecule has 0 saturated heterocycles. The van der Waals surface area contributed by atoms with Gasteiger partial charge in [0.15, 0.2) is 0 Å². The van der Waals surface area contributed by atoms with Gasteiger partial charge in [0, 0.05) is 12.2 Å². The van der Waals surface area contributed by atoms with Crippen LogP contribution in [0.4, 0.5) is 4.79 Å². The quantitative estimate of drug-likeness (QED) is 0.324. The molecule has 0 bridgehead atoms. The summed E-state index contributed by atoms with van der Waals surface area (Å²) in [4.78, 5) is 38.0. The summed E-state index contributed by atoms with van der Waals surface area (Å²) in [6.07, 6.45) is 2.33.